The maximum atomic E-state index is 12.0. The highest BCUT2D eigenvalue weighted by Crippen LogP contribution is 2.16. The molecule has 0 bridgehead atoms. The summed E-state index contributed by atoms with van der Waals surface area (Å²) < 4.78 is 0. The zero-order chi connectivity index (χ0) is 14.4. The van der Waals surface area contributed by atoms with Crippen LogP contribution in [0.5, 0.6) is 0 Å². The molecule has 0 saturated carbocycles. The zero-order valence-corrected chi connectivity index (χ0v) is 11.6. The van der Waals surface area contributed by atoms with Crippen molar-refractivity contribution in [1.29, 1.82) is 0 Å². The fraction of sp³-hybridized carbons (Fsp3) is 0.429. The first kappa shape index (κ1) is 15.2. The summed E-state index contributed by atoms with van der Waals surface area (Å²) >= 11 is 0. The molecule has 0 aliphatic heterocycles. The Hall–Kier alpha value is -1.88. The van der Waals surface area contributed by atoms with E-state index < -0.39 is 6.04 Å². The Labute approximate surface area is 113 Å². The SMILES string of the molecule is CCC[C@H](N)C(=O)Nc1ccccc1C(=O)N(C)C. The number of benzene rings is 1. The molecule has 0 aliphatic rings. The molecule has 19 heavy (non-hydrogen) atoms. The average Bonchev–Trinajstić information content (AvgIpc) is 2.38. The smallest absolute Gasteiger partial charge is 0.255 e. The quantitative estimate of drug-likeness (QED) is 0.844. The molecule has 0 aliphatic carbocycles. The Kier molecular flexibility index (Phi) is 5.51. The van der Waals surface area contributed by atoms with E-state index in [1.165, 1.54) is 4.90 Å². The largest absolute Gasteiger partial charge is 0.345 e. The van der Waals surface area contributed by atoms with Gasteiger partial charge >= 0.3 is 0 Å². The minimum atomic E-state index is -0.549. The first-order chi connectivity index (χ1) is 8.97. The summed E-state index contributed by atoms with van der Waals surface area (Å²) in [6, 6.07) is 6.37. The first-order valence-electron chi connectivity index (χ1n) is 6.34. The lowest BCUT2D eigenvalue weighted by Gasteiger charge is -2.16. The summed E-state index contributed by atoms with van der Waals surface area (Å²) in [7, 11) is 3.34. The van der Waals surface area contributed by atoms with Crippen molar-refractivity contribution in [2.45, 2.75) is 25.8 Å². The average molecular weight is 263 g/mol. The molecule has 3 N–H and O–H groups in total. The number of carbonyl (C=O) groups is 2. The van der Waals surface area contributed by atoms with Gasteiger partial charge in [0.15, 0.2) is 0 Å². The number of para-hydroxylation sites is 1. The second-order valence-corrected chi connectivity index (χ2v) is 4.63. The van der Waals surface area contributed by atoms with Crippen molar-refractivity contribution >= 4 is 17.5 Å². The molecule has 1 atom stereocenters. The van der Waals surface area contributed by atoms with Crippen LogP contribution in [0.1, 0.15) is 30.1 Å². The van der Waals surface area contributed by atoms with E-state index in [1.54, 1.807) is 38.4 Å². The lowest BCUT2D eigenvalue weighted by atomic mass is 10.1. The number of carbonyl (C=O) groups excluding carboxylic acids is 2. The van der Waals surface area contributed by atoms with E-state index in [4.69, 9.17) is 5.73 Å². The normalized spacial score (nSPS) is 11.8. The lowest BCUT2D eigenvalue weighted by molar-refractivity contribution is -0.117. The maximum Gasteiger partial charge on any atom is 0.255 e. The molecule has 0 saturated heterocycles. The van der Waals surface area contributed by atoms with Gasteiger partial charge in [-0.15, -0.1) is 0 Å². The minimum absolute atomic E-state index is 0.153. The van der Waals surface area contributed by atoms with Gasteiger partial charge in [-0.3, -0.25) is 9.59 Å². The topological polar surface area (TPSA) is 75.4 Å². The molecule has 1 aromatic rings. The number of amides is 2. The summed E-state index contributed by atoms with van der Waals surface area (Å²) in [5.74, 6) is -0.416. The van der Waals surface area contributed by atoms with E-state index in [0.29, 0.717) is 17.7 Å². The summed E-state index contributed by atoms with van der Waals surface area (Å²) in [6.45, 7) is 1.97. The number of nitrogens with two attached hydrogens (primary N) is 1. The third kappa shape index (κ3) is 4.06. The van der Waals surface area contributed by atoms with Crippen LogP contribution in [0.4, 0.5) is 5.69 Å². The number of hydrogen-bond donors (Lipinski definition) is 2. The fourth-order valence-electron chi connectivity index (χ4n) is 1.69. The molecule has 0 fully saturated rings. The van der Waals surface area contributed by atoms with Crippen molar-refractivity contribution in [1.82, 2.24) is 4.90 Å². The maximum absolute atomic E-state index is 12.0. The van der Waals surface area contributed by atoms with Crippen LogP contribution in [0, 0.1) is 0 Å². The number of nitrogens with zero attached hydrogens (tertiary/aromatic N) is 1. The van der Waals surface area contributed by atoms with Crippen molar-refractivity contribution in [3.63, 3.8) is 0 Å². The monoisotopic (exact) mass is 263 g/mol. The van der Waals surface area contributed by atoms with E-state index in [0.717, 1.165) is 6.42 Å². The predicted molar refractivity (Wildman–Crippen MR) is 76.0 cm³/mol. The van der Waals surface area contributed by atoms with E-state index in [-0.39, 0.29) is 11.8 Å². The van der Waals surface area contributed by atoms with Crippen molar-refractivity contribution in [2.24, 2.45) is 5.73 Å². The molecule has 0 spiro atoms. The van der Waals surface area contributed by atoms with Gasteiger partial charge in [-0.1, -0.05) is 25.5 Å². The van der Waals surface area contributed by atoms with Gasteiger partial charge in [-0.25, -0.2) is 0 Å². The highest BCUT2D eigenvalue weighted by molar-refractivity contribution is 6.04. The van der Waals surface area contributed by atoms with Crippen LogP contribution < -0.4 is 11.1 Å². The van der Waals surface area contributed by atoms with Gasteiger partial charge in [0.05, 0.1) is 17.3 Å². The second kappa shape index (κ2) is 6.89. The molecule has 0 heterocycles. The highest BCUT2D eigenvalue weighted by Gasteiger charge is 2.17. The standard InChI is InChI=1S/C14H21N3O2/c1-4-7-11(15)13(18)16-12-9-6-5-8-10(12)14(19)17(2)3/h5-6,8-9,11H,4,7,15H2,1-3H3,(H,16,18)/t11-/m0/s1. The Balaban J connectivity index is 2.90. The van der Waals surface area contributed by atoms with E-state index >= 15 is 0 Å². The van der Waals surface area contributed by atoms with E-state index in [2.05, 4.69) is 5.32 Å². The van der Waals surface area contributed by atoms with E-state index in [1.807, 2.05) is 6.92 Å². The number of rotatable bonds is 5. The van der Waals surface area contributed by atoms with Gasteiger partial charge in [0.2, 0.25) is 5.91 Å². The third-order valence-corrected chi connectivity index (χ3v) is 2.76. The molecule has 0 aromatic heterocycles. The van der Waals surface area contributed by atoms with Gasteiger partial charge < -0.3 is 16.0 Å². The fourth-order valence-corrected chi connectivity index (χ4v) is 1.69. The molecule has 0 radical (unpaired) electrons. The van der Waals surface area contributed by atoms with Crippen molar-refractivity contribution in [3.8, 4) is 0 Å². The van der Waals surface area contributed by atoms with Crippen molar-refractivity contribution < 1.29 is 9.59 Å². The number of anilines is 1. The first-order valence-corrected chi connectivity index (χ1v) is 6.34. The van der Waals surface area contributed by atoms with Crippen LogP contribution in [0.15, 0.2) is 24.3 Å². The molecule has 2 amide bonds. The van der Waals surface area contributed by atoms with Gasteiger partial charge in [-0.2, -0.15) is 0 Å². The third-order valence-electron chi connectivity index (χ3n) is 2.76. The lowest BCUT2D eigenvalue weighted by Crippen LogP contribution is -2.36. The van der Waals surface area contributed by atoms with Gasteiger partial charge in [0, 0.05) is 14.1 Å². The molecule has 5 nitrogen and oxygen atoms in total. The Morgan fingerprint density at radius 2 is 1.95 bits per heavy atom. The van der Waals surface area contributed by atoms with Crippen LogP contribution in [0.25, 0.3) is 0 Å². The predicted octanol–water partition coefficient (Wildman–Crippen LogP) is 1.45. The van der Waals surface area contributed by atoms with Gasteiger partial charge in [-0.05, 0) is 18.6 Å². The minimum Gasteiger partial charge on any atom is -0.345 e. The number of hydrogen-bond acceptors (Lipinski definition) is 3. The van der Waals surface area contributed by atoms with Gasteiger partial charge in [0.25, 0.3) is 5.91 Å². The summed E-state index contributed by atoms with van der Waals surface area (Å²) in [5.41, 5.74) is 6.71. The molecule has 1 aromatic carbocycles. The van der Waals surface area contributed by atoms with Crippen LogP contribution in [0.2, 0.25) is 0 Å². The molecular formula is C14H21N3O2. The van der Waals surface area contributed by atoms with Gasteiger partial charge in [0.1, 0.15) is 0 Å². The van der Waals surface area contributed by atoms with E-state index in [9.17, 15) is 9.59 Å². The van der Waals surface area contributed by atoms with Crippen molar-refractivity contribution in [3.05, 3.63) is 29.8 Å². The zero-order valence-electron chi connectivity index (χ0n) is 11.6. The Morgan fingerprint density at radius 3 is 2.53 bits per heavy atom. The molecule has 5 heteroatoms. The Bertz CT molecular complexity index is 458. The highest BCUT2D eigenvalue weighted by atomic mass is 16.2. The molecule has 0 unspecified atom stereocenters. The molecular weight excluding hydrogens is 242 g/mol. The summed E-state index contributed by atoms with van der Waals surface area (Å²) in [4.78, 5) is 25.3. The Morgan fingerprint density at radius 1 is 1.32 bits per heavy atom. The second-order valence-electron chi connectivity index (χ2n) is 4.63. The van der Waals surface area contributed by atoms with Crippen LogP contribution >= 0.6 is 0 Å². The van der Waals surface area contributed by atoms with Crippen LogP contribution in [-0.2, 0) is 4.79 Å². The van der Waals surface area contributed by atoms with Crippen LogP contribution in [0.3, 0.4) is 0 Å². The molecule has 104 valence electrons. The number of nitrogens with one attached hydrogen (secondary N) is 1. The molecule has 1 rings (SSSR count). The summed E-state index contributed by atoms with van der Waals surface area (Å²) in [5, 5.41) is 2.72. The summed E-state index contributed by atoms with van der Waals surface area (Å²) in [6.07, 6.45) is 1.46. The van der Waals surface area contributed by atoms with Crippen LogP contribution in [-0.4, -0.2) is 36.9 Å². The van der Waals surface area contributed by atoms with Crippen molar-refractivity contribution in [2.75, 3.05) is 19.4 Å².